The Kier molecular flexibility index (Phi) is 8.91. The number of piperidine rings is 2. The lowest BCUT2D eigenvalue weighted by Crippen LogP contribution is -2.47. The molecular weight excluding hydrogens is 360 g/mol. The van der Waals surface area contributed by atoms with Crippen LogP contribution in [0, 0.1) is 13.8 Å². The number of hydrogen-bond acceptors (Lipinski definition) is 3. The number of rotatable bonds is 6. The summed E-state index contributed by atoms with van der Waals surface area (Å²) in [6.45, 7) is 8.72. The van der Waals surface area contributed by atoms with Gasteiger partial charge in [0.15, 0.2) is 6.61 Å². The maximum absolute atomic E-state index is 12.8. The largest absolute Gasteiger partial charge is 0.483 e. The third kappa shape index (κ3) is 6.11. The molecule has 0 saturated carbocycles. The highest BCUT2D eigenvalue weighted by Gasteiger charge is 2.27. The maximum Gasteiger partial charge on any atom is 0.260 e. The lowest BCUT2D eigenvalue weighted by atomic mass is 9.98. The Balaban J connectivity index is 0.00000261. The first-order valence-electron chi connectivity index (χ1n) is 10.4. The third-order valence-corrected chi connectivity index (χ3v) is 5.92. The highest BCUT2D eigenvalue weighted by atomic mass is 35.5. The van der Waals surface area contributed by atoms with Gasteiger partial charge in [-0.15, -0.1) is 12.4 Å². The number of ether oxygens (including phenoxy) is 1. The molecule has 3 rings (SSSR count). The highest BCUT2D eigenvalue weighted by Crippen LogP contribution is 2.24. The molecule has 0 N–H and O–H groups in total. The van der Waals surface area contributed by atoms with Gasteiger partial charge in [-0.2, -0.15) is 0 Å². The van der Waals surface area contributed by atoms with E-state index >= 15 is 0 Å². The number of likely N-dealkylation sites (tertiary alicyclic amines) is 2. The zero-order chi connectivity index (χ0) is 18.4. The number of carbonyl (C=O) groups excluding carboxylic acids is 1. The normalized spacial score (nSPS) is 20.8. The van der Waals surface area contributed by atoms with E-state index in [0.717, 1.165) is 49.2 Å². The van der Waals surface area contributed by atoms with Crippen molar-refractivity contribution >= 4 is 18.3 Å². The molecule has 152 valence electrons. The lowest BCUT2D eigenvalue weighted by Gasteiger charge is -2.37. The minimum absolute atomic E-state index is 0. The van der Waals surface area contributed by atoms with Crippen LogP contribution >= 0.6 is 12.4 Å². The van der Waals surface area contributed by atoms with Crippen LogP contribution < -0.4 is 4.74 Å². The van der Waals surface area contributed by atoms with E-state index in [1.807, 2.05) is 32.0 Å². The Morgan fingerprint density at radius 2 is 1.70 bits per heavy atom. The fourth-order valence-electron chi connectivity index (χ4n) is 4.39. The van der Waals surface area contributed by atoms with Gasteiger partial charge in [-0.25, -0.2) is 0 Å². The van der Waals surface area contributed by atoms with E-state index in [1.54, 1.807) is 0 Å². The minimum Gasteiger partial charge on any atom is -0.483 e. The molecule has 0 aromatic heterocycles. The molecule has 0 spiro atoms. The van der Waals surface area contributed by atoms with E-state index in [0.29, 0.717) is 6.04 Å². The second-order valence-corrected chi connectivity index (χ2v) is 7.94. The van der Waals surface area contributed by atoms with Crippen molar-refractivity contribution < 1.29 is 9.53 Å². The number of amides is 1. The molecule has 4 nitrogen and oxygen atoms in total. The summed E-state index contributed by atoms with van der Waals surface area (Å²) in [6, 6.07) is 6.49. The van der Waals surface area contributed by atoms with Gasteiger partial charge in [-0.05, 0) is 76.6 Å². The monoisotopic (exact) mass is 394 g/mol. The van der Waals surface area contributed by atoms with Gasteiger partial charge in [-0.3, -0.25) is 4.79 Å². The standard InChI is InChI=1S/C22H34N2O2.ClH/c1-18-9-8-10-19(2)22(18)26-17-21(25)24-15-7-4-11-20(24)12-16-23-13-5-3-6-14-23;/h8-10,20H,3-7,11-17H2,1-2H3;1H. The summed E-state index contributed by atoms with van der Waals surface area (Å²) >= 11 is 0. The summed E-state index contributed by atoms with van der Waals surface area (Å²) < 4.78 is 5.92. The molecule has 1 unspecified atom stereocenters. The summed E-state index contributed by atoms with van der Waals surface area (Å²) in [5, 5.41) is 0. The lowest BCUT2D eigenvalue weighted by molar-refractivity contribution is -0.137. The minimum atomic E-state index is 0. The predicted molar refractivity (Wildman–Crippen MR) is 113 cm³/mol. The van der Waals surface area contributed by atoms with Crippen LogP contribution in [0.1, 0.15) is 56.1 Å². The fraction of sp³-hybridized carbons (Fsp3) is 0.682. The third-order valence-electron chi connectivity index (χ3n) is 5.92. The van der Waals surface area contributed by atoms with Crippen LogP contribution in [0.5, 0.6) is 5.75 Å². The van der Waals surface area contributed by atoms with Gasteiger partial charge in [0.1, 0.15) is 5.75 Å². The van der Waals surface area contributed by atoms with Gasteiger partial charge in [0.25, 0.3) is 5.91 Å². The van der Waals surface area contributed by atoms with Crippen molar-refractivity contribution in [1.29, 1.82) is 0 Å². The van der Waals surface area contributed by atoms with Crippen molar-refractivity contribution in [3.8, 4) is 5.75 Å². The van der Waals surface area contributed by atoms with Gasteiger partial charge < -0.3 is 14.5 Å². The van der Waals surface area contributed by atoms with Crippen LogP contribution in [-0.4, -0.2) is 54.5 Å². The Labute approximate surface area is 170 Å². The van der Waals surface area contributed by atoms with Crippen molar-refractivity contribution in [3.63, 3.8) is 0 Å². The van der Waals surface area contributed by atoms with Gasteiger partial charge in [0, 0.05) is 19.1 Å². The second-order valence-electron chi connectivity index (χ2n) is 7.94. The quantitative estimate of drug-likeness (QED) is 0.718. The van der Waals surface area contributed by atoms with Crippen LogP contribution in [0.15, 0.2) is 18.2 Å². The van der Waals surface area contributed by atoms with E-state index in [4.69, 9.17) is 4.74 Å². The molecule has 1 aromatic carbocycles. The molecule has 1 aromatic rings. The summed E-state index contributed by atoms with van der Waals surface area (Å²) in [5.41, 5.74) is 2.19. The fourth-order valence-corrected chi connectivity index (χ4v) is 4.39. The Bertz CT molecular complexity index is 582. The smallest absolute Gasteiger partial charge is 0.260 e. The number of hydrogen-bond donors (Lipinski definition) is 0. The van der Waals surface area contributed by atoms with Gasteiger partial charge in [0.05, 0.1) is 0 Å². The van der Waals surface area contributed by atoms with Crippen molar-refractivity contribution in [2.75, 3.05) is 32.8 Å². The van der Waals surface area contributed by atoms with Crippen LogP contribution in [0.25, 0.3) is 0 Å². The zero-order valence-electron chi connectivity index (χ0n) is 16.9. The van der Waals surface area contributed by atoms with Crippen molar-refractivity contribution in [3.05, 3.63) is 29.3 Å². The van der Waals surface area contributed by atoms with Crippen molar-refractivity contribution in [2.45, 2.75) is 64.8 Å². The maximum atomic E-state index is 12.8. The first kappa shape index (κ1) is 22.0. The van der Waals surface area contributed by atoms with Gasteiger partial charge in [0.2, 0.25) is 0 Å². The van der Waals surface area contributed by atoms with Crippen molar-refractivity contribution in [1.82, 2.24) is 9.80 Å². The van der Waals surface area contributed by atoms with E-state index < -0.39 is 0 Å². The van der Waals surface area contributed by atoms with E-state index in [-0.39, 0.29) is 24.9 Å². The van der Waals surface area contributed by atoms with Crippen LogP contribution in [0.4, 0.5) is 0 Å². The van der Waals surface area contributed by atoms with Gasteiger partial charge in [-0.1, -0.05) is 24.6 Å². The zero-order valence-corrected chi connectivity index (χ0v) is 17.7. The molecule has 0 bridgehead atoms. The van der Waals surface area contributed by atoms with Crippen molar-refractivity contribution in [2.24, 2.45) is 0 Å². The summed E-state index contributed by atoms with van der Waals surface area (Å²) in [7, 11) is 0. The molecule has 1 amide bonds. The number of nitrogens with zero attached hydrogens (tertiary/aromatic N) is 2. The summed E-state index contributed by atoms with van der Waals surface area (Å²) in [4.78, 5) is 17.5. The van der Waals surface area contributed by atoms with E-state index in [1.165, 1.54) is 38.8 Å². The molecule has 2 saturated heterocycles. The molecular formula is C22H35ClN2O2. The molecule has 2 aliphatic heterocycles. The topological polar surface area (TPSA) is 32.8 Å². The predicted octanol–water partition coefficient (Wildman–Crippen LogP) is 4.36. The Morgan fingerprint density at radius 1 is 1.04 bits per heavy atom. The number of para-hydroxylation sites is 1. The second kappa shape index (κ2) is 10.9. The molecule has 2 aliphatic rings. The Morgan fingerprint density at radius 3 is 2.41 bits per heavy atom. The number of carbonyl (C=O) groups is 1. The molecule has 1 atom stereocenters. The molecule has 2 heterocycles. The van der Waals surface area contributed by atoms with Crippen LogP contribution in [0.2, 0.25) is 0 Å². The molecule has 0 radical (unpaired) electrons. The first-order valence-corrected chi connectivity index (χ1v) is 10.4. The average molecular weight is 395 g/mol. The molecule has 27 heavy (non-hydrogen) atoms. The SMILES string of the molecule is Cc1cccc(C)c1OCC(=O)N1CCCCC1CCN1CCCCC1.Cl. The molecule has 5 heteroatoms. The van der Waals surface area contributed by atoms with Gasteiger partial charge >= 0.3 is 0 Å². The highest BCUT2D eigenvalue weighted by molar-refractivity contribution is 5.85. The first-order chi connectivity index (χ1) is 12.6. The summed E-state index contributed by atoms with van der Waals surface area (Å²) in [6.07, 6.45) is 8.65. The van der Waals surface area contributed by atoms with Crippen LogP contribution in [-0.2, 0) is 4.79 Å². The number of halogens is 1. The average Bonchev–Trinajstić information content (AvgIpc) is 2.67. The number of aryl methyl sites for hydroxylation is 2. The summed E-state index contributed by atoms with van der Waals surface area (Å²) in [5.74, 6) is 1.01. The van der Waals surface area contributed by atoms with E-state index in [9.17, 15) is 4.79 Å². The molecule has 2 fully saturated rings. The number of benzene rings is 1. The van der Waals surface area contributed by atoms with Crippen LogP contribution in [0.3, 0.4) is 0 Å². The Hall–Kier alpha value is -1.26. The van der Waals surface area contributed by atoms with E-state index in [2.05, 4.69) is 9.80 Å². The molecule has 0 aliphatic carbocycles.